The van der Waals surface area contributed by atoms with Crippen LogP contribution in [0.4, 0.5) is 4.39 Å². The Balaban J connectivity index is 3.04. The molecule has 66 valence electrons. The molecule has 0 aromatic heterocycles. The lowest BCUT2D eigenvalue weighted by molar-refractivity contribution is 0.191. The fourth-order valence-electron chi connectivity index (χ4n) is 0.841. The zero-order valence-electron chi connectivity index (χ0n) is 6.40. The number of hydrogen-bond donors (Lipinski definition) is 0. The average molecular weight is 209 g/mol. The standard InChI is InChI=1S/C8H7Cl2FO/c1-5-2-6(12-4-11)3-7(9)8(5)10/h2-3H,4H2,1H3. The van der Waals surface area contributed by atoms with E-state index in [2.05, 4.69) is 4.74 Å². The number of rotatable bonds is 2. The van der Waals surface area contributed by atoms with E-state index in [1.807, 2.05) is 0 Å². The Morgan fingerprint density at radius 1 is 1.42 bits per heavy atom. The quantitative estimate of drug-likeness (QED) is 0.722. The summed E-state index contributed by atoms with van der Waals surface area (Å²) in [5.41, 5.74) is 0.771. The summed E-state index contributed by atoms with van der Waals surface area (Å²) in [6.45, 7) is 0.913. The van der Waals surface area contributed by atoms with Gasteiger partial charge in [0, 0.05) is 6.07 Å². The summed E-state index contributed by atoms with van der Waals surface area (Å²) in [5, 5.41) is 0.850. The van der Waals surface area contributed by atoms with Gasteiger partial charge in [0.25, 0.3) is 0 Å². The lowest BCUT2D eigenvalue weighted by atomic mass is 10.2. The molecule has 0 fully saturated rings. The van der Waals surface area contributed by atoms with Gasteiger partial charge in [0.1, 0.15) is 5.75 Å². The molecule has 0 aliphatic rings. The van der Waals surface area contributed by atoms with E-state index in [-0.39, 0.29) is 0 Å². The number of benzene rings is 1. The first-order chi connectivity index (χ1) is 5.65. The van der Waals surface area contributed by atoms with Gasteiger partial charge in [-0.3, -0.25) is 0 Å². The Bertz CT molecular complexity index is 265. The van der Waals surface area contributed by atoms with Gasteiger partial charge < -0.3 is 4.74 Å². The second-order valence-corrected chi connectivity index (χ2v) is 3.07. The van der Waals surface area contributed by atoms with Crippen molar-refractivity contribution < 1.29 is 9.13 Å². The molecule has 1 aromatic carbocycles. The van der Waals surface area contributed by atoms with Gasteiger partial charge in [-0.25, -0.2) is 4.39 Å². The van der Waals surface area contributed by atoms with Crippen LogP contribution in [-0.2, 0) is 0 Å². The Kier molecular flexibility index (Phi) is 3.18. The zero-order chi connectivity index (χ0) is 9.14. The second kappa shape index (κ2) is 3.97. The maximum absolute atomic E-state index is 11.7. The van der Waals surface area contributed by atoms with Crippen LogP contribution in [0.2, 0.25) is 10.0 Å². The van der Waals surface area contributed by atoms with E-state index in [4.69, 9.17) is 23.2 Å². The van der Waals surface area contributed by atoms with Gasteiger partial charge in [0.15, 0.2) is 0 Å². The molecule has 0 bridgehead atoms. The van der Waals surface area contributed by atoms with Crippen molar-refractivity contribution in [3.63, 3.8) is 0 Å². The third-order valence-corrected chi connectivity index (χ3v) is 2.30. The molecule has 0 unspecified atom stereocenters. The lowest BCUT2D eigenvalue weighted by Crippen LogP contribution is -1.90. The summed E-state index contributed by atoms with van der Waals surface area (Å²) in [5.74, 6) is 0.393. The second-order valence-electron chi connectivity index (χ2n) is 2.29. The highest BCUT2D eigenvalue weighted by molar-refractivity contribution is 6.42. The van der Waals surface area contributed by atoms with Crippen molar-refractivity contribution in [2.75, 3.05) is 6.86 Å². The summed E-state index contributed by atoms with van der Waals surface area (Å²) in [7, 11) is 0. The third-order valence-electron chi connectivity index (χ3n) is 1.40. The van der Waals surface area contributed by atoms with E-state index in [1.165, 1.54) is 6.07 Å². The molecule has 12 heavy (non-hydrogen) atoms. The maximum Gasteiger partial charge on any atom is 0.228 e. The molecule has 0 N–H and O–H groups in total. The van der Waals surface area contributed by atoms with Crippen molar-refractivity contribution in [3.05, 3.63) is 27.7 Å². The molecule has 4 heteroatoms. The Hall–Kier alpha value is -0.470. The number of aryl methyl sites for hydroxylation is 1. The minimum Gasteiger partial charge on any atom is -0.463 e. The molecular weight excluding hydrogens is 202 g/mol. The number of alkyl halides is 1. The molecule has 0 atom stereocenters. The monoisotopic (exact) mass is 208 g/mol. The Morgan fingerprint density at radius 2 is 2.08 bits per heavy atom. The summed E-state index contributed by atoms with van der Waals surface area (Å²) in [6.07, 6.45) is 0. The molecular formula is C8H7Cl2FO. The van der Waals surface area contributed by atoms with Crippen molar-refractivity contribution in [1.82, 2.24) is 0 Å². The van der Waals surface area contributed by atoms with E-state index in [1.54, 1.807) is 13.0 Å². The van der Waals surface area contributed by atoms with Gasteiger partial charge in [-0.1, -0.05) is 23.2 Å². The average Bonchev–Trinajstić information content (AvgIpc) is 2.01. The van der Waals surface area contributed by atoms with Gasteiger partial charge in [-0.2, -0.15) is 0 Å². The third kappa shape index (κ3) is 2.02. The molecule has 0 spiro atoms. The highest BCUT2D eigenvalue weighted by Crippen LogP contribution is 2.30. The predicted molar refractivity (Wildman–Crippen MR) is 47.8 cm³/mol. The summed E-state index contributed by atoms with van der Waals surface area (Å²) >= 11 is 11.5. The summed E-state index contributed by atoms with van der Waals surface area (Å²) in [4.78, 5) is 0. The molecule has 0 saturated heterocycles. The van der Waals surface area contributed by atoms with Crippen molar-refractivity contribution in [2.24, 2.45) is 0 Å². The zero-order valence-corrected chi connectivity index (χ0v) is 7.92. The van der Waals surface area contributed by atoms with Crippen LogP contribution < -0.4 is 4.74 Å². The van der Waals surface area contributed by atoms with E-state index >= 15 is 0 Å². The predicted octanol–water partition coefficient (Wildman–Crippen LogP) is 3.61. The molecule has 0 aliphatic carbocycles. The van der Waals surface area contributed by atoms with Crippen molar-refractivity contribution in [1.29, 1.82) is 0 Å². The first-order valence-corrected chi connectivity index (χ1v) is 4.05. The fraction of sp³-hybridized carbons (Fsp3) is 0.250. The first kappa shape index (κ1) is 9.62. The minimum atomic E-state index is -0.864. The molecule has 1 nitrogen and oxygen atoms in total. The van der Waals surface area contributed by atoms with Crippen LogP contribution in [0.3, 0.4) is 0 Å². The molecule has 0 heterocycles. The first-order valence-electron chi connectivity index (χ1n) is 3.29. The summed E-state index contributed by atoms with van der Waals surface area (Å²) in [6, 6.07) is 3.12. The largest absolute Gasteiger partial charge is 0.463 e. The molecule has 1 rings (SSSR count). The van der Waals surface area contributed by atoms with Crippen LogP contribution in [0.5, 0.6) is 5.75 Å². The van der Waals surface area contributed by atoms with Crippen molar-refractivity contribution in [2.45, 2.75) is 6.92 Å². The minimum absolute atomic E-state index is 0.375. The number of hydrogen-bond acceptors (Lipinski definition) is 1. The van der Waals surface area contributed by atoms with E-state index < -0.39 is 6.86 Å². The molecule has 0 amide bonds. The van der Waals surface area contributed by atoms with Crippen LogP contribution in [0.15, 0.2) is 12.1 Å². The van der Waals surface area contributed by atoms with Gasteiger partial charge in [-0.05, 0) is 18.6 Å². The van der Waals surface area contributed by atoms with Crippen LogP contribution in [0.1, 0.15) is 5.56 Å². The lowest BCUT2D eigenvalue weighted by Gasteiger charge is -2.05. The van der Waals surface area contributed by atoms with Gasteiger partial charge >= 0.3 is 0 Å². The van der Waals surface area contributed by atoms with E-state index in [0.717, 1.165) is 5.56 Å². The van der Waals surface area contributed by atoms with E-state index in [9.17, 15) is 4.39 Å². The van der Waals surface area contributed by atoms with Gasteiger partial charge in [0.05, 0.1) is 10.0 Å². The number of ether oxygens (including phenoxy) is 1. The molecule has 0 aliphatic heterocycles. The van der Waals surface area contributed by atoms with Gasteiger partial charge in [-0.15, -0.1) is 0 Å². The summed E-state index contributed by atoms with van der Waals surface area (Å²) < 4.78 is 16.4. The SMILES string of the molecule is Cc1cc(OCF)cc(Cl)c1Cl. The van der Waals surface area contributed by atoms with Crippen LogP contribution in [-0.4, -0.2) is 6.86 Å². The van der Waals surface area contributed by atoms with Gasteiger partial charge in [0.2, 0.25) is 6.86 Å². The maximum atomic E-state index is 11.7. The fourth-order valence-corrected chi connectivity index (χ4v) is 1.21. The van der Waals surface area contributed by atoms with Crippen molar-refractivity contribution >= 4 is 23.2 Å². The Morgan fingerprint density at radius 3 is 2.58 bits per heavy atom. The van der Waals surface area contributed by atoms with Crippen LogP contribution >= 0.6 is 23.2 Å². The highest BCUT2D eigenvalue weighted by atomic mass is 35.5. The van der Waals surface area contributed by atoms with E-state index in [0.29, 0.717) is 15.8 Å². The van der Waals surface area contributed by atoms with Crippen molar-refractivity contribution in [3.8, 4) is 5.75 Å². The number of halogens is 3. The smallest absolute Gasteiger partial charge is 0.228 e. The highest BCUT2D eigenvalue weighted by Gasteiger charge is 2.04. The molecule has 0 saturated carbocycles. The van der Waals surface area contributed by atoms with Crippen LogP contribution in [0, 0.1) is 6.92 Å². The molecule has 1 aromatic rings. The topological polar surface area (TPSA) is 9.23 Å². The molecule has 0 radical (unpaired) electrons. The Labute approximate surface area is 80.0 Å². The van der Waals surface area contributed by atoms with Crippen LogP contribution in [0.25, 0.3) is 0 Å². The normalized spacial score (nSPS) is 10.0.